The minimum absolute atomic E-state index is 0.0163. The highest BCUT2D eigenvalue weighted by atomic mass is 32.1. The number of urea groups is 1. The first kappa shape index (κ1) is 16.4. The second kappa shape index (κ2) is 8.49. The minimum Gasteiger partial charge on any atom is -0.476 e. The number of nitrogens with one attached hydrogen (secondary N) is 1. The molecule has 0 spiro atoms. The molecule has 0 fully saturated rings. The lowest BCUT2D eigenvalue weighted by Crippen LogP contribution is -2.41. The van der Waals surface area contributed by atoms with Crippen molar-refractivity contribution in [3.05, 3.63) is 16.1 Å². The van der Waals surface area contributed by atoms with Gasteiger partial charge in [-0.2, -0.15) is 0 Å². The minimum atomic E-state index is -1.08. The van der Waals surface area contributed by atoms with Crippen LogP contribution in [0.4, 0.5) is 4.79 Å². The third kappa shape index (κ3) is 5.14. The molecular weight excluding hydrogens is 282 g/mol. The monoisotopic (exact) mass is 301 g/mol. The fourth-order valence-corrected chi connectivity index (χ4v) is 2.25. The summed E-state index contributed by atoms with van der Waals surface area (Å²) in [5, 5.41) is 22.3. The van der Waals surface area contributed by atoms with Gasteiger partial charge in [-0.05, 0) is 6.42 Å². The molecule has 0 aliphatic heterocycles. The summed E-state index contributed by atoms with van der Waals surface area (Å²) in [5.74, 6) is -1.08. The summed E-state index contributed by atoms with van der Waals surface area (Å²) in [7, 11) is 0. The van der Waals surface area contributed by atoms with Crippen LogP contribution in [0, 0.1) is 0 Å². The van der Waals surface area contributed by atoms with Gasteiger partial charge in [-0.25, -0.2) is 14.6 Å². The van der Waals surface area contributed by atoms with E-state index in [1.165, 1.54) is 21.6 Å². The number of nitrogens with zero attached hydrogens (tertiary/aromatic N) is 2. The van der Waals surface area contributed by atoms with E-state index in [4.69, 9.17) is 10.2 Å². The van der Waals surface area contributed by atoms with E-state index in [2.05, 4.69) is 10.3 Å². The van der Waals surface area contributed by atoms with E-state index in [1.54, 1.807) is 0 Å². The fourth-order valence-electron chi connectivity index (χ4n) is 1.54. The molecule has 0 atom stereocenters. The zero-order valence-corrected chi connectivity index (χ0v) is 12.2. The molecule has 1 aromatic rings. The molecule has 0 radical (unpaired) electrons. The Morgan fingerprint density at radius 3 is 2.75 bits per heavy atom. The number of hydrogen-bond acceptors (Lipinski definition) is 5. The molecule has 3 N–H and O–H groups in total. The van der Waals surface area contributed by atoms with Crippen LogP contribution in [0.1, 0.15) is 35.3 Å². The van der Waals surface area contributed by atoms with E-state index in [-0.39, 0.29) is 31.4 Å². The Kier molecular flexibility index (Phi) is 6.96. The number of rotatable bonds is 8. The van der Waals surface area contributed by atoms with Crippen LogP contribution in [0.5, 0.6) is 0 Å². The standard InChI is InChI=1S/C12H19N3O4S/c1-2-3-4-15(5-6-16)12(19)13-7-10-14-9(8-20-10)11(17)18/h8,16H,2-7H2,1H3,(H,13,19)(H,17,18). The molecule has 0 unspecified atom stereocenters. The number of carboxylic acid groups (broad SMARTS) is 1. The van der Waals surface area contributed by atoms with Crippen molar-refractivity contribution in [2.45, 2.75) is 26.3 Å². The first-order valence-corrected chi connectivity index (χ1v) is 7.27. The maximum Gasteiger partial charge on any atom is 0.355 e. The van der Waals surface area contributed by atoms with Gasteiger partial charge in [-0.1, -0.05) is 13.3 Å². The molecular formula is C12H19N3O4S. The number of aromatic carboxylic acids is 1. The van der Waals surface area contributed by atoms with Crippen molar-refractivity contribution in [2.75, 3.05) is 19.7 Å². The van der Waals surface area contributed by atoms with E-state index < -0.39 is 5.97 Å². The molecule has 1 rings (SSSR count). The van der Waals surface area contributed by atoms with Crippen LogP contribution in [0.15, 0.2) is 5.38 Å². The number of unbranched alkanes of at least 4 members (excludes halogenated alkanes) is 1. The van der Waals surface area contributed by atoms with Gasteiger partial charge in [0, 0.05) is 18.5 Å². The van der Waals surface area contributed by atoms with Gasteiger partial charge in [0.1, 0.15) is 5.01 Å². The van der Waals surface area contributed by atoms with Crippen molar-refractivity contribution in [2.24, 2.45) is 0 Å². The number of aromatic nitrogens is 1. The summed E-state index contributed by atoms with van der Waals surface area (Å²) in [4.78, 5) is 28.0. The number of carbonyl (C=O) groups excluding carboxylic acids is 1. The summed E-state index contributed by atoms with van der Waals surface area (Å²) in [5.41, 5.74) is -0.0163. The Labute approximate surface area is 121 Å². The van der Waals surface area contributed by atoms with Gasteiger partial charge < -0.3 is 20.4 Å². The van der Waals surface area contributed by atoms with E-state index in [0.29, 0.717) is 11.6 Å². The topological polar surface area (TPSA) is 103 Å². The van der Waals surface area contributed by atoms with Gasteiger partial charge >= 0.3 is 12.0 Å². The second-order valence-electron chi connectivity index (χ2n) is 4.15. The van der Waals surface area contributed by atoms with Crippen molar-refractivity contribution >= 4 is 23.3 Å². The van der Waals surface area contributed by atoms with E-state index in [0.717, 1.165) is 12.8 Å². The van der Waals surface area contributed by atoms with Crippen LogP contribution >= 0.6 is 11.3 Å². The van der Waals surface area contributed by atoms with E-state index in [9.17, 15) is 9.59 Å². The number of carboxylic acids is 1. The molecule has 2 amide bonds. The number of aliphatic hydroxyl groups excluding tert-OH is 1. The molecule has 20 heavy (non-hydrogen) atoms. The number of carbonyl (C=O) groups is 2. The zero-order valence-electron chi connectivity index (χ0n) is 11.3. The number of thiazole rings is 1. The Morgan fingerprint density at radius 1 is 1.45 bits per heavy atom. The van der Waals surface area contributed by atoms with Crippen LogP contribution in [-0.4, -0.2) is 51.8 Å². The smallest absolute Gasteiger partial charge is 0.355 e. The van der Waals surface area contributed by atoms with Crippen molar-refractivity contribution in [1.82, 2.24) is 15.2 Å². The summed E-state index contributed by atoms with van der Waals surface area (Å²) >= 11 is 1.19. The van der Waals surface area contributed by atoms with Gasteiger partial charge in [-0.3, -0.25) is 0 Å². The molecule has 0 aromatic carbocycles. The van der Waals surface area contributed by atoms with Gasteiger partial charge in [0.05, 0.1) is 13.2 Å². The average Bonchev–Trinajstić information content (AvgIpc) is 2.90. The molecule has 1 heterocycles. The molecule has 112 valence electrons. The summed E-state index contributed by atoms with van der Waals surface area (Å²) in [6.07, 6.45) is 1.83. The number of amides is 2. The lowest BCUT2D eigenvalue weighted by molar-refractivity contribution is 0.0691. The maximum absolute atomic E-state index is 11.9. The highest BCUT2D eigenvalue weighted by Gasteiger charge is 2.13. The normalized spacial score (nSPS) is 10.3. The Bertz CT molecular complexity index is 450. The summed E-state index contributed by atoms with van der Waals surface area (Å²) in [6.45, 7) is 2.99. The second-order valence-corrected chi connectivity index (χ2v) is 5.10. The van der Waals surface area contributed by atoms with Gasteiger partial charge in [0.15, 0.2) is 5.69 Å². The van der Waals surface area contributed by atoms with Crippen molar-refractivity contribution in [3.8, 4) is 0 Å². The lowest BCUT2D eigenvalue weighted by Gasteiger charge is -2.21. The Balaban J connectivity index is 2.48. The molecule has 7 nitrogen and oxygen atoms in total. The molecule has 0 aliphatic carbocycles. The zero-order chi connectivity index (χ0) is 15.0. The van der Waals surface area contributed by atoms with Gasteiger partial charge in [0.25, 0.3) is 0 Å². The first-order chi connectivity index (χ1) is 9.58. The largest absolute Gasteiger partial charge is 0.476 e. The number of hydrogen-bond donors (Lipinski definition) is 3. The highest BCUT2D eigenvalue weighted by molar-refractivity contribution is 7.09. The van der Waals surface area contributed by atoms with Crippen LogP contribution in [0.3, 0.4) is 0 Å². The highest BCUT2D eigenvalue weighted by Crippen LogP contribution is 2.09. The average molecular weight is 301 g/mol. The molecule has 0 saturated heterocycles. The fraction of sp³-hybridized carbons (Fsp3) is 0.583. The summed E-state index contributed by atoms with van der Waals surface area (Å²) in [6, 6.07) is -0.278. The third-order valence-corrected chi connectivity index (χ3v) is 3.45. The molecule has 0 saturated carbocycles. The Morgan fingerprint density at radius 2 is 2.20 bits per heavy atom. The van der Waals surface area contributed by atoms with Crippen LogP contribution in [-0.2, 0) is 6.54 Å². The molecule has 8 heteroatoms. The van der Waals surface area contributed by atoms with Crippen LogP contribution in [0.2, 0.25) is 0 Å². The maximum atomic E-state index is 11.9. The van der Waals surface area contributed by atoms with E-state index >= 15 is 0 Å². The van der Waals surface area contributed by atoms with Crippen LogP contribution < -0.4 is 5.32 Å². The van der Waals surface area contributed by atoms with E-state index in [1.807, 2.05) is 6.92 Å². The number of aliphatic hydroxyl groups is 1. The summed E-state index contributed by atoms with van der Waals surface area (Å²) < 4.78 is 0. The predicted octanol–water partition coefficient (Wildman–Crippen LogP) is 1.15. The quantitative estimate of drug-likeness (QED) is 0.668. The van der Waals surface area contributed by atoms with Crippen molar-refractivity contribution < 1.29 is 19.8 Å². The van der Waals surface area contributed by atoms with Gasteiger partial charge in [-0.15, -0.1) is 11.3 Å². The van der Waals surface area contributed by atoms with Crippen molar-refractivity contribution in [1.29, 1.82) is 0 Å². The third-order valence-electron chi connectivity index (χ3n) is 2.60. The van der Waals surface area contributed by atoms with Crippen LogP contribution in [0.25, 0.3) is 0 Å². The van der Waals surface area contributed by atoms with Crippen molar-refractivity contribution in [3.63, 3.8) is 0 Å². The molecule has 1 aromatic heterocycles. The SMILES string of the molecule is CCCCN(CCO)C(=O)NCc1nc(C(=O)O)cs1. The van der Waals surface area contributed by atoms with Gasteiger partial charge in [0.2, 0.25) is 0 Å². The lowest BCUT2D eigenvalue weighted by atomic mass is 10.3. The Hall–Kier alpha value is -1.67. The molecule has 0 bridgehead atoms. The molecule has 0 aliphatic rings. The predicted molar refractivity (Wildman–Crippen MR) is 74.9 cm³/mol. The first-order valence-electron chi connectivity index (χ1n) is 6.39.